The summed E-state index contributed by atoms with van der Waals surface area (Å²) >= 11 is 0. The molecule has 1 aromatic carbocycles. The third-order valence-corrected chi connectivity index (χ3v) is 3.19. The highest BCUT2D eigenvalue weighted by Gasteiger charge is 2.10. The Morgan fingerprint density at radius 2 is 1.82 bits per heavy atom. The zero-order valence-corrected chi connectivity index (χ0v) is 9.57. The normalized spacial score (nSPS) is 16.4. The van der Waals surface area contributed by atoms with Crippen molar-refractivity contribution in [3.05, 3.63) is 40.7 Å². The van der Waals surface area contributed by atoms with Gasteiger partial charge in [0.05, 0.1) is 5.52 Å². The molecule has 1 aromatic heterocycles. The number of hydrogen-bond donors (Lipinski definition) is 2. The second-order valence-corrected chi connectivity index (χ2v) is 4.33. The van der Waals surface area contributed by atoms with Crippen molar-refractivity contribution in [3.63, 3.8) is 0 Å². The van der Waals surface area contributed by atoms with Crippen LogP contribution in [-0.4, -0.2) is 31.2 Å². The average molecular weight is 229 g/mol. The SMILES string of the molecule is O=c1ccc2ccc(N3CCNCC3)cc2[nH]1. The molecule has 0 saturated carbocycles. The first-order chi connectivity index (χ1) is 8.33. The average Bonchev–Trinajstić information content (AvgIpc) is 2.39. The lowest BCUT2D eigenvalue weighted by molar-refractivity contribution is 0.589. The van der Waals surface area contributed by atoms with Crippen LogP contribution in [-0.2, 0) is 0 Å². The number of fused-ring (bicyclic) bond motifs is 1. The number of aromatic nitrogens is 1. The van der Waals surface area contributed by atoms with E-state index in [1.807, 2.05) is 6.07 Å². The Labute approximate surface area is 99.3 Å². The second kappa shape index (κ2) is 4.22. The molecule has 1 saturated heterocycles. The molecule has 2 heterocycles. The van der Waals surface area contributed by atoms with Crippen LogP contribution in [0.4, 0.5) is 5.69 Å². The van der Waals surface area contributed by atoms with Gasteiger partial charge in [-0.1, -0.05) is 6.07 Å². The molecular formula is C13H15N3O. The Kier molecular flexibility index (Phi) is 2.57. The fraction of sp³-hybridized carbons (Fsp3) is 0.308. The minimum Gasteiger partial charge on any atom is -0.369 e. The van der Waals surface area contributed by atoms with Crippen LogP contribution in [0.1, 0.15) is 0 Å². The molecule has 4 heteroatoms. The van der Waals surface area contributed by atoms with Gasteiger partial charge in [-0.25, -0.2) is 0 Å². The number of benzene rings is 1. The van der Waals surface area contributed by atoms with E-state index in [1.54, 1.807) is 6.07 Å². The van der Waals surface area contributed by atoms with E-state index in [0.717, 1.165) is 37.1 Å². The Bertz CT molecular complexity index is 584. The number of anilines is 1. The van der Waals surface area contributed by atoms with Gasteiger partial charge in [-0.15, -0.1) is 0 Å². The topological polar surface area (TPSA) is 48.1 Å². The predicted octanol–water partition coefficient (Wildman–Crippen LogP) is 0.938. The first-order valence-corrected chi connectivity index (χ1v) is 5.92. The fourth-order valence-corrected chi connectivity index (χ4v) is 2.26. The van der Waals surface area contributed by atoms with E-state index < -0.39 is 0 Å². The van der Waals surface area contributed by atoms with E-state index in [4.69, 9.17) is 0 Å². The van der Waals surface area contributed by atoms with E-state index >= 15 is 0 Å². The van der Waals surface area contributed by atoms with E-state index in [9.17, 15) is 4.79 Å². The van der Waals surface area contributed by atoms with E-state index in [-0.39, 0.29) is 5.56 Å². The number of nitrogens with zero attached hydrogens (tertiary/aromatic N) is 1. The third-order valence-electron chi connectivity index (χ3n) is 3.19. The smallest absolute Gasteiger partial charge is 0.248 e. The monoisotopic (exact) mass is 229 g/mol. The molecule has 17 heavy (non-hydrogen) atoms. The van der Waals surface area contributed by atoms with Gasteiger partial charge in [0, 0.05) is 37.9 Å². The molecule has 88 valence electrons. The van der Waals surface area contributed by atoms with Crippen LogP contribution >= 0.6 is 0 Å². The molecule has 0 bridgehead atoms. The highest BCUT2D eigenvalue weighted by atomic mass is 16.1. The van der Waals surface area contributed by atoms with Crippen molar-refractivity contribution in [1.29, 1.82) is 0 Å². The lowest BCUT2D eigenvalue weighted by Gasteiger charge is -2.29. The van der Waals surface area contributed by atoms with Gasteiger partial charge < -0.3 is 15.2 Å². The molecule has 3 rings (SSSR count). The van der Waals surface area contributed by atoms with E-state index in [0.29, 0.717) is 0 Å². The van der Waals surface area contributed by atoms with Crippen LogP contribution in [0.5, 0.6) is 0 Å². The Balaban J connectivity index is 2.02. The molecule has 0 amide bonds. The summed E-state index contributed by atoms with van der Waals surface area (Å²) in [5.74, 6) is 0. The Hall–Kier alpha value is -1.81. The maximum atomic E-state index is 11.3. The second-order valence-electron chi connectivity index (χ2n) is 4.33. The van der Waals surface area contributed by atoms with E-state index in [2.05, 4.69) is 33.4 Å². The van der Waals surface area contributed by atoms with Gasteiger partial charge in [-0.2, -0.15) is 0 Å². The minimum absolute atomic E-state index is 0.0463. The largest absolute Gasteiger partial charge is 0.369 e. The summed E-state index contributed by atoms with van der Waals surface area (Å²) < 4.78 is 0. The fourth-order valence-electron chi connectivity index (χ4n) is 2.26. The summed E-state index contributed by atoms with van der Waals surface area (Å²) in [6.45, 7) is 4.07. The number of H-pyrrole nitrogens is 1. The predicted molar refractivity (Wildman–Crippen MR) is 69.7 cm³/mol. The molecule has 4 nitrogen and oxygen atoms in total. The van der Waals surface area contributed by atoms with Gasteiger partial charge >= 0.3 is 0 Å². The van der Waals surface area contributed by atoms with Gasteiger partial charge in [-0.3, -0.25) is 4.79 Å². The van der Waals surface area contributed by atoms with Gasteiger partial charge in [0.15, 0.2) is 0 Å². The highest BCUT2D eigenvalue weighted by Crippen LogP contribution is 2.20. The molecule has 0 aliphatic carbocycles. The quantitative estimate of drug-likeness (QED) is 0.765. The summed E-state index contributed by atoms with van der Waals surface area (Å²) in [6.07, 6.45) is 0. The molecule has 0 radical (unpaired) electrons. The van der Waals surface area contributed by atoms with Crippen LogP contribution in [0, 0.1) is 0 Å². The zero-order chi connectivity index (χ0) is 11.7. The summed E-state index contributed by atoms with van der Waals surface area (Å²) in [5.41, 5.74) is 2.05. The minimum atomic E-state index is -0.0463. The number of hydrogen-bond acceptors (Lipinski definition) is 3. The number of aromatic amines is 1. The van der Waals surface area contributed by atoms with Crippen LogP contribution in [0.2, 0.25) is 0 Å². The molecule has 0 spiro atoms. The van der Waals surface area contributed by atoms with Crippen LogP contribution in [0.25, 0.3) is 10.9 Å². The van der Waals surface area contributed by atoms with Crippen molar-refractivity contribution in [1.82, 2.24) is 10.3 Å². The van der Waals surface area contributed by atoms with Crippen molar-refractivity contribution in [2.45, 2.75) is 0 Å². The number of nitrogens with one attached hydrogen (secondary N) is 2. The summed E-state index contributed by atoms with van der Waals surface area (Å²) in [5, 5.41) is 4.40. The molecule has 2 N–H and O–H groups in total. The first kappa shape index (κ1) is 10.4. The van der Waals surface area contributed by atoms with Gasteiger partial charge in [0.25, 0.3) is 0 Å². The third kappa shape index (κ3) is 2.03. The highest BCUT2D eigenvalue weighted by molar-refractivity contribution is 5.82. The standard InChI is InChI=1S/C13H15N3O/c17-13-4-2-10-1-3-11(9-12(10)15-13)16-7-5-14-6-8-16/h1-4,9,14H,5-8H2,(H,15,17). The maximum absolute atomic E-state index is 11.3. The molecule has 1 aliphatic heterocycles. The van der Waals surface area contributed by atoms with Crippen molar-refractivity contribution < 1.29 is 0 Å². The molecule has 1 aliphatic rings. The molecule has 2 aromatic rings. The molecular weight excluding hydrogens is 214 g/mol. The lowest BCUT2D eigenvalue weighted by atomic mass is 10.2. The van der Waals surface area contributed by atoms with Crippen LogP contribution in [0.15, 0.2) is 35.1 Å². The summed E-state index contributed by atoms with van der Waals surface area (Å²) in [4.78, 5) is 16.5. The maximum Gasteiger partial charge on any atom is 0.248 e. The zero-order valence-electron chi connectivity index (χ0n) is 9.57. The Morgan fingerprint density at radius 1 is 1.06 bits per heavy atom. The molecule has 0 unspecified atom stereocenters. The van der Waals surface area contributed by atoms with Gasteiger partial charge in [-0.05, 0) is 23.6 Å². The van der Waals surface area contributed by atoms with Gasteiger partial charge in [0.2, 0.25) is 5.56 Å². The first-order valence-electron chi connectivity index (χ1n) is 5.92. The van der Waals surface area contributed by atoms with Crippen molar-refractivity contribution >= 4 is 16.6 Å². The van der Waals surface area contributed by atoms with Crippen LogP contribution < -0.4 is 15.8 Å². The van der Waals surface area contributed by atoms with Crippen molar-refractivity contribution in [2.75, 3.05) is 31.1 Å². The van der Waals surface area contributed by atoms with Crippen molar-refractivity contribution in [3.8, 4) is 0 Å². The molecule has 0 atom stereocenters. The van der Waals surface area contributed by atoms with E-state index in [1.165, 1.54) is 5.69 Å². The van der Waals surface area contributed by atoms with Gasteiger partial charge in [0.1, 0.15) is 0 Å². The summed E-state index contributed by atoms with van der Waals surface area (Å²) in [7, 11) is 0. The summed E-state index contributed by atoms with van der Waals surface area (Å²) in [6, 6.07) is 9.65. The number of pyridine rings is 1. The lowest BCUT2D eigenvalue weighted by Crippen LogP contribution is -2.43. The number of rotatable bonds is 1. The van der Waals surface area contributed by atoms with Crippen molar-refractivity contribution in [2.24, 2.45) is 0 Å². The molecule has 1 fully saturated rings. The number of piperazine rings is 1. The van der Waals surface area contributed by atoms with Crippen LogP contribution in [0.3, 0.4) is 0 Å². The Morgan fingerprint density at radius 3 is 2.65 bits per heavy atom.